The van der Waals surface area contributed by atoms with Crippen molar-refractivity contribution >= 4 is 17.6 Å². The van der Waals surface area contributed by atoms with Gasteiger partial charge in [-0.05, 0) is 6.92 Å². The first-order valence-electron chi connectivity index (χ1n) is 6.24. The van der Waals surface area contributed by atoms with Crippen LogP contribution in [-0.4, -0.2) is 54.7 Å². The van der Waals surface area contributed by atoms with Gasteiger partial charge in [-0.25, -0.2) is 9.97 Å². The van der Waals surface area contributed by atoms with E-state index < -0.39 is 0 Å². The Bertz CT molecular complexity index is 420. The van der Waals surface area contributed by atoms with Crippen LogP contribution >= 0.6 is 11.8 Å². The monoisotopic (exact) mass is 267 g/mol. The van der Waals surface area contributed by atoms with Gasteiger partial charge in [0.05, 0.1) is 25.9 Å². The van der Waals surface area contributed by atoms with Gasteiger partial charge in [-0.2, -0.15) is 0 Å². The first kappa shape index (κ1) is 12.2. The van der Waals surface area contributed by atoms with Crippen molar-refractivity contribution in [3.8, 4) is 0 Å². The molecule has 3 rings (SSSR count). The summed E-state index contributed by atoms with van der Waals surface area (Å²) in [6, 6.07) is 2.04. The third kappa shape index (κ3) is 3.13. The first-order chi connectivity index (χ1) is 8.81. The third-order valence-electron chi connectivity index (χ3n) is 2.96. The lowest BCUT2D eigenvalue weighted by atomic mass is 10.3. The lowest BCUT2D eigenvalue weighted by Gasteiger charge is -2.28. The smallest absolute Gasteiger partial charge is 0.189 e. The van der Waals surface area contributed by atoms with Crippen molar-refractivity contribution in [2.45, 2.75) is 18.2 Å². The van der Waals surface area contributed by atoms with Crippen molar-refractivity contribution in [3.63, 3.8) is 0 Å². The zero-order valence-corrected chi connectivity index (χ0v) is 11.3. The molecule has 0 spiro atoms. The molecule has 0 N–H and O–H groups in total. The molecule has 2 aliphatic rings. The summed E-state index contributed by atoms with van der Waals surface area (Å²) >= 11 is 1.68. The molecule has 0 saturated carbocycles. The summed E-state index contributed by atoms with van der Waals surface area (Å²) in [5.41, 5.74) is 1.02. The van der Waals surface area contributed by atoms with Crippen molar-refractivity contribution in [3.05, 3.63) is 11.8 Å². The molecule has 1 atom stereocenters. The molecule has 2 aliphatic heterocycles. The maximum Gasteiger partial charge on any atom is 0.189 e. The summed E-state index contributed by atoms with van der Waals surface area (Å²) in [5.74, 6) is 1.97. The molecule has 98 valence electrons. The molecule has 2 fully saturated rings. The summed E-state index contributed by atoms with van der Waals surface area (Å²) in [6.45, 7) is 6.28. The van der Waals surface area contributed by atoms with E-state index in [1.54, 1.807) is 11.8 Å². The molecule has 1 aromatic heterocycles. The number of rotatable bonds is 4. The number of aryl methyl sites for hydroxylation is 1. The number of nitrogens with zero attached hydrogens (tertiary/aromatic N) is 3. The van der Waals surface area contributed by atoms with Crippen molar-refractivity contribution in [2.24, 2.45) is 0 Å². The maximum atomic E-state index is 5.36. The second-order valence-corrected chi connectivity index (χ2v) is 5.50. The van der Waals surface area contributed by atoms with E-state index in [0.717, 1.165) is 55.3 Å². The van der Waals surface area contributed by atoms with Crippen LogP contribution in [0.3, 0.4) is 0 Å². The Morgan fingerprint density at radius 3 is 2.89 bits per heavy atom. The van der Waals surface area contributed by atoms with E-state index in [0.29, 0.717) is 6.10 Å². The lowest BCUT2D eigenvalue weighted by molar-refractivity contribution is 0.122. The minimum absolute atomic E-state index is 0.408. The molecule has 0 unspecified atom stereocenters. The molecule has 1 aromatic rings. The number of morpholine rings is 1. The highest BCUT2D eigenvalue weighted by Crippen LogP contribution is 2.24. The molecule has 0 amide bonds. The van der Waals surface area contributed by atoms with E-state index in [1.165, 1.54) is 0 Å². The van der Waals surface area contributed by atoms with Gasteiger partial charge in [0.25, 0.3) is 0 Å². The van der Waals surface area contributed by atoms with Crippen LogP contribution < -0.4 is 4.90 Å². The van der Waals surface area contributed by atoms with Gasteiger partial charge in [0.2, 0.25) is 0 Å². The van der Waals surface area contributed by atoms with Crippen LogP contribution in [0.2, 0.25) is 0 Å². The van der Waals surface area contributed by atoms with Crippen LogP contribution in [0.15, 0.2) is 11.2 Å². The molecule has 0 aromatic carbocycles. The number of epoxide rings is 1. The highest BCUT2D eigenvalue weighted by molar-refractivity contribution is 7.99. The fourth-order valence-electron chi connectivity index (χ4n) is 1.88. The molecular weight excluding hydrogens is 250 g/mol. The number of hydrogen-bond donors (Lipinski definition) is 0. The fourth-order valence-corrected chi connectivity index (χ4v) is 2.77. The van der Waals surface area contributed by atoms with E-state index in [-0.39, 0.29) is 0 Å². The van der Waals surface area contributed by atoms with Gasteiger partial charge in [-0.3, -0.25) is 0 Å². The average molecular weight is 267 g/mol. The first-order valence-corrected chi connectivity index (χ1v) is 7.22. The SMILES string of the molecule is Cc1cc(N2CCOCC2)nc(SC[C@H]2CO2)n1. The highest BCUT2D eigenvalue weighted by Gasteiger charge is 2.23. The maximum absolute atomic E-state index is 5.36. The molecule has 0 bridgehead atoms. The van der Waals surface area contributed by atoms with E-state index in [1.807, 2.05) is 13.0 Å². The number of anilines is 1. The van der Waals surface area contributed by atoms with Gasteiger partial charge in [0.15, 0.2) is 5.16 Å². The number of thioether (sulfide) groups is 1. The molecule has 0 radical (unpaired) electrons. The molecule has 18 heavy (non-hydrogen) atoms. The molecule has 2 saturated heterocycles. The zero-order chi connectivity index (χ0) is 12.4. The number of ether oxygens (including phenoxy) is 2. The zero-order valence-electron chi connectivity index (χ0n) is 10.5. The molecule has 3 heterocycles. The summed E-state index contributed by atoms with van der Waals surface area (Å²) in [6.07, 6.45) is 0.408. The third-order valence-corrected chi connectivity index (χ3v) is 3.94. The number of hydrogen-bond acceptors (Lipinski definition) is 6. The van der Waals surface area contributed by atoms with Crippen LogP contribution in [-0.2, 0) is 9.47 Å². The second kappa shape index (κ2) is 5.42. The Morgan fingerprint density at radius 1 is 1.39 bits per heavy atom. The summed E-state index contributed by atoms with van der Waals surface area (Å²) in [4.78, 5) is 11.4. The van der Waals surface area contributed by atoms with E-state index >= 15 is 0 Å². The topological polar surface area (TPSA) is 50.8 Å². The molecule has 0 aliphatic carbocycles. The minimum atomic E-state index is 0.408. The van der Waals surface area contributed by atoms with Crippen molar-refractivity contribution < 1.29 is 9.47 Å². The van der Waals surface area contributed by atoms with E-state index in [4.69, 9.17) is 9.47 Å². The quantitative estimate of drug-likeness (QED) is 0.463. The van der Waals surface area contributed by atoms with E-state index in [2.05, 4.69) is 14.9 Å². The van der Waals surface area contributed by atoms with Crippen LogP contribution in [0.5, 0.6) is 0 Å². The van der Waals surface area contributed by atoms with Gasteiger partial charge >= 0.3 is 0 Å². The summed E-state index contributed by atoms with van der Waals surface area (Å²) < 4.78 is 10.6. The lowest BCUT2D eigenvalue weighted by Crippen LogP contribution is -2.36. The van der Waals surface area contributed by atoms with Gasteiger partial charge < -0.3 is 14.4 Å². The van der Waals surface area contributed by atoms with Gasteiger partial charge in [-0.1, -0.05) is 11.8 Å². The summed E-state index contributed by atoms with van der Waals surface area (Å²) in [5, 5.41) is 0.854. The average Bonchev–Trinajstić information content (AvgIpc) is 3.21. The van der Waals surface area contributed by atoms with Crippen molar-refractivity contribution in [1.29, 1.82) is 0 Å². The Morgan fingerprint density at radius 2 is 2.17 bits per heavy atom. The standard InChI is InChI=1S/C12H17N3O2S/c1-9-6-11(15-2-4-16-5-3-15)14-12(13-9)18-8-10-7-17-10/h6,10H,2-5,7-8H2,1H3/t10-/m1/s1. The predicted octanol–water partition coefficient (Wildman–Crippen LogP) is 1.11. The van der Waals surface area contributed by atoms with Crippen LogP contribution in [0.25, 0.3) is 0 Å². The molecule has 5 nitrogen and oxygen atoms in total. The second-order valence-electron chi connectivity index (χ2n) is 4.52. The van der Waals surface area contributed by atoms with Crippen LogP contribution in [0.4, 0.5) is 5.82 Å². The van der Waals surface area contributed by atoms with E-state index in [9.17, 15) is 0 Å². The van der Waals surface area contributed by atoms with Crippen molar-refractivity contribution in [1.82, 2.24) is 9.97 Å². The van der Waals surface area contributed by atoms with Crippen LogP contribution in [0, 0.1) is 6.92 Å². The Kier molecular flexibility index (Phi) is 3.67. The highest BCUT2D eigenvalue weighted by atomic mass is 32.2. The van der Waals surface area contributed by atoms with Crippen molar-refractivity contribution in [2.75, 3.05) is 43.6 Å². The number of aromatic nitrogens is 2. The van der Waals surface area contributed by atoms with Crippen LogP contribution in [0.1, 0.15) is 5.69 Å². The molecule has 6 heteroatoms. The Balaban J connectivity index is 1.71. The predicted molar refractivity (Wildman–Crippen MR) is 70.3 cm³/mol. The fraction of sp³-hybridized carbons (Fsp3) is 0.667. The normalized spacial score (nSPS) is 23.2. The van der Waals surface area contributed by atoms with Gasteiger partial charge in [0.1, 0.15) is 5.82 Å². The largest absolute Gasteiger partial charge is 0.378 e. The Labute approximate surface area is 111 Å². The van der Waals surface area contributed by atoms with Gasteiger partial charge in [0, 0.05) is 30.6 Å². The summed E-state index contributed by atoms with van der Waals surface area (Å²) in [7, 11) is 0. The Hall–Kier alpha value is -0.850. The van der Waals surface area contributed by atoms with Gasteiger partial charge in [-0.15, -0.1) is 0 Å². The minimum Gasteiger partial charge on any atom is -0.378 e. The molecular formula is C12H17N3O2S.